The minimum absolute atomic E-state index is 0. The Morgan fingerprint density at radius 1 is 1.00 bits per heavy atom. The van der Waals surface area contributed by atoms with Crippen LogP contribution < -0.4 is 34.5 Å². The highest BCUT2D eigenvalue weighted by atomic mass is 127. The van der Waals surface area contributed by atoms with E-state index in [0.29, 0.717) is 23.8 Å². The number of nitrogens with zero attached hydrogens (tertiary/aromatic N) is 2. The predicted molar refractivity (Wildman–Crippen MR) is 143 cm³/mol. The fraction of sp³-hybridized carbons (Fsp3) is 0.458. The van der Waals surface area contributed by atoms with E-state index in [2.05, 4.69) is 28.5 Å². The Balaban J connectivity index is 0.00000385. The topological polar surface area (TPSA) is 76.6 Å². The first-order chi connectivity index (χ1) is 15.6. The van der Waals surface area contributed by atoms with Crippen molar-refractivity contribution in [2.24, 2.45) is 4.99 Å². The summed E-state index contributed by atoms with van der Waals surface area (Å²) in [6, 6.07) is 12.3. The smallest absolute Gasteiger partial charge is 0.203 e. The number of hydrogen-bond acceptors (Lipinski definition) is 6. The van der Waals surface area contributed by atoms with Gasteiger partial charge in [0.15, 0.2) is 17.5 Å². The molecule has 1 saturated heterocycles. The van der Waals surface area contributed by atoms with E-state index in [1.165, 1.54) is 0 Å². The number of rotatable bonds is 9. The molecular weight excluding hydrogens is 535 g/mol. The summed E-state index contributed by atoms with van der Waals surface area (Å²) in [5.41, 5.74) is 2.09. The normalized spacial score (nSPS) is 15.5. The molecule has 1 unspecified atom stereocenters. The van der Waals surface area contributed by atoms with Gasteiger partial charge in [0.2, 0.25) is 5.75 Å². The molecule has 0 radical (unpaired) electrons. The van der Waals surface area contributed by atoms with Gasteiger partial charge in [0.05, 0.1) is 40.7 Å². The van der Waals surface area contributed by atoms with Gasteiger partial charge in [-0.1, -0.05) is 12.1 Å². The summed E-state index contributed by atoms with van der Waals surface area (Å²) in [6.45, 7) is 5.17. The molecule has 2 aromatic rings. The van der Waals surface area contributed by atoms with Gasteiger partial charge >= 0.3 is 0 Å². The number of hydrogen-bond donors (Lipinski definition) is 2. The summed E-state index contributed by atoms with van der Waals surface area (Å²) in [7, 11) is 6.54. The molecule has 0 spiro atoms. The second-order valence-corrected chi connectivity index (χ2v) is 7.48. The molecule has 33 heavy (non-hydrogen) atoms. The number of methoxy groups -OCH3 is 4. The number of guanidine groups is 1. The summed E-state index contributed by atoms with van der Waals surface area (Å²) in [4.78, 5) is 7.13. The van der Waals surface area contributed by atoms with Gasteiger partial charge in [0, 0.05) is 25.7 Å². The van der Waals surface area contributed by atoms with Crippen molar-refractivity contribution in [3.8, 4) is 23.0 Å². The SMILES string of the molecule is CCNC(=NCc1cc(OC)c(OC)c(OC)c1)NC1CCN(c2ccccc2OC)C1.I. The molecule has 9 heteroatoms. The van der Waals surface area contributed by atoms with Gasteiger partial charge in [0.25, 0.3) is 0 Å². The number of para-hydroxylation sites is 2. The Morgan fingerprint density at radius 2 is 1.67 bits per heavy atom. The van der Waals surface area contributed by atoms with Crippen LogP contribution in [0.5, 0.6) is 23.0 Å². The second kappa shape index (κ2) is 13.2. The first-order valence-corrected chi connectivity index (χ1v) is 10.8. The first-order valence-electron chi connectivity index (χ1n) is 10.8. The molecule has 0 bridgehead atoms. The summed E-state index contributed by atoms with van der Waals surface area (Å²) in [5, 5.41) is 6.92. The summed E-state index contributed by atoms with van der Waals surface area (Å²) < 4.78 is 21.8. The number of halogens is 1. The van der Waals surface area contributed by atoms with Crippen molar-refractivity contribution >= 4 is 35.6 Å². The molecule has 0 saturated carbocycles. The highest BCUT2D eigenvalue weighted by Gasteiger charge is 2.25. The molecule has 2 aromatic carbocycles. The zero-order valence-corrected chi connectivity index (χ0v) is 22.3. The summed E-state index contributed by atoms with van der Waals surface area (Å²) in [6.07, 6.45) is 1.02. The summed E-state index contributed by atoms with van der Waals surface area (Å²) >= 11 is 0. The molecule has 0 aliphatic carbocycles. The van der Waals surface area contributed by atoms with Crippen LogP contribution in [-0.2, 0) is 6.54 Å². The van der Waals surface area contributed by atoms with Crippen molar-refractivity contribution in [3.63, 3.8) is 0 Å². The van der Waals surface area contributed by atoms with Gasteiger partial charge in [-0.2, -0.15) is 0 Å². The molecular formula is C24H35IN4O4. The molecule has 1 fully saturated rings. The molecule has 0 amide bonds. The second-order valence-electron chi connectivity index (χ2n) is 7.48. The number of ether oxygens (including phenoxy) is 4. The van der Waals surface area contributed by atoms with Crippen LogP contribution in [-0.4, -0.2) is 60.1 Å². The Bertz CT molecular complexity index is 900. The van der Waals surface area contributed by atoms with E-state index in [1.807, 2.05) is 30.3 Å². The van der Waals surface area contributed by atoms with Crippen molar-refractivity contribution in [1.82, 2.24) is 10.6 Å². The Kier molecular flexibility index (Phi) is 10.7. The van der Waals surface area contributed by atoms with Crippen LogP contribution in [0.2, 0.25) is 0 Å². The average Bonchev–Trinajstić information content (AvgIpc) is 3.30. The molecule has 182 valence electrons. The zero-order valence-electron chi connectivity index (χ0n) is 20.0. The minimum Gasteiger partial charge on any atom is -0.495 e. The number of aliphatic imine (C=N–C) groups is 1. The molecule has 2 N–H and O–H groups in total. The maximum absolute atomic E-state index is 5.53. The van der Waals surface area contributed by atoms with E-state index >= 15 is 0 Å². The van der Waals surface area contributed by atoms with Crippen LogP contribution in [0.1, 0.15) is 18.9 Å². The van der Waals surface area contributed by atoms with Crippen molar-refractivity contribution in [1.29, 1.82) is 0 Å². The van der Waals surface area contributed by atoms with Gasteiger partial charge in [0.1, 0.15) is 5.75 Å². The molecule has 1 atom stereocenters. The van der Waals surface area contributed by atoms with E-state index in [0.717, 1.165) is 49.0 Å². The van der Waals surface area contributed by atoms with Crippen LogP contribution in [0.25, 0.3) is 0 Å². The van der Waals surface area contributed by atoms with E-state index in [-0.39, 0.29) is 30.0 Å². The minimum atomic E-state index is 0. The van der Waals surface area contributed by atoms with E-state index < -0.39 is 0 Å². The lowest BCUT2D eigenvalue weighted by Gasteiger charge is -2.22. The Hall–Kier alpha value is -2.56. The van der Waals surface area contributed by atoms with Crippen molar-refractivity contribution in [2.75, 3.05) is 53.0 Å². The molecule has 1 aliphatic heterocycles. The Morgan fingerprint density at radius 3 is 2.27 bits per heavy atom. The lowest BCUT2D eigenvalue weighted by atomic mass is 10.2. The quantitative estimate of drug-likeness (QED) is 0.271. The molecule has 0 aromatic heterocycles. The van der Waals surface area contributed by atoms with Gasteiger partial charge in [-0.3, -0.25) is 0 Å². The predicted octanol–water partition coefficient (Wildman–Crippen LogP) is 3.67. The van der Waals surface area contributed by atoms with Gasteiger partial charge in [-0.25, -0.2) is 4.99 Å². The molecule has 3 rings (SSSR count). The third kappa shape index (κ3) is 6.72. The van der Waals surface area contributed by atoms with Crippen LogP contribution in [0.3, 0.4) is 0 Å². The lowest BCUT2D eigenvalue weighted by Crippen LogP contribution is -2.44. The zero-order chi connectivity index (χ0) is 22.9. The largest absolute Gasteiger partial charge is 0.495 e. The van der Waals surface area contributed by atoms with Gasteiger partial charge in [-0.05, 0) is 43.2 Å². The third-order valence-corrected chi connectivity index (χ3v) is 5.44. The van der Waals surface area contributed by atoms with Crippen molar-refractivity contribution in [3.05, 3.63) is 42.0 Å². The highest BCUT2D eigenvalue weighted by Crippen LogP contribution is 2.38. The van der Waals surface area contributed by atoms with Crippen LogP contribution >= 0.6 is 24.0 Å². The molecule has 1 aliphatic rings. The van der Waals surface area contributed by atoms with E-state index in [4.69, 9.17) is 23.9 Å². The lowest BCUT2D eigenvalue weighted by molar-refractivity contribution is 0.324. The monoisotopic (exact) mass is 570 g/mol. The van der Waals surface area contributed by atoms with Crippen molar-refractivity contribution < 1.29 is 18.9 Å². The summed E-state index contributed by atoms with van der Waals surface area (Å²) in [5.74, 6) is 3.51. The number of benzene rings is 2. The third-order valence-electron chi connectivity index (χ3n) is 5.44. The van der Waals surface area contributed by atoms with Gasteiger partial charge in [-0.15, -0.1) is 24.0 Å². The molecule has 8 nitrogen and oxygen atoms in total. The standard InChI is InChI=1S/C24H34N4O4.HI/c1-6-25-24(26-15-17-13-21(30-3)23(32-5)22(14-17)31-4)27-18-11-12-28(16-18)19-9-7-8-10-20(19)29-2;/h7-10,13-14,18H,6,11-12,15-16H2,1-5H3,(H2,25,26,27);1H. The van der Waals surface area contributed by atoms with Crippen LogP contribution in [0.15, 0.2) is 41.4 Å². The maximum atomic E-state index is 5.53. The van der Waals surface area contributed by atoms with Crippen LogP contribution in [0, 0.1) is 0 Å². The fourth-order valence-corrected chi connectivity index (χ4v) is 3.90. The first kappa shape index (κ1) is 26.7. The molecule has 1 heterocycles. The average molecular weight is 570 g/mol. The maximum Gasteiger partial charge on any atom is 0.203 e. The van der Waals surface area contributed by atoms with E-state index in [9.17, 15) is 0 Å². The number of anilines is 1. The van der Waals surface area contributed by atoms with Crippen LogP contribution in [0.4, 0.5) is 5.69 Å². The Labute approximate surface area is 213 Å². The fourth-order valence-electron chi connectivity index (χ4n) is 3.90. The van der Waals surface area contributed by atoms with E-state index in [1.54, 1.807) is 28.4 Å². The number of nitrogens with one attached hydrogen (secondary N) is 2. The highest BCUT2D eigenvalue weighted by molar-refractivity contribution is 14.0. The van der Waals surface area contributed by atoms with Crippen molar-refractivity contribution in [2.45, 2.75) is 25.9 Å². The van der Waals surface area contributed by atoms with Gasteiger partial charge < -0.3 is 34.5 Å².